The Morgan fingerprint density at radius 3 is 1.28 bits per heavy atom. The molecule has 0 bridgehead atoms. The molecule has 0 amide bonds. The van der Waals surface area contributed by atoms with Gasteiger partial charge in [-0.1, -0.05) is 0 Å². The van der Waals surface area contributed by atoms with Crippen molar-refractivity contribution in [3.8, 4) is 0 Å². The molecule has 9 heteroatoms. The molecule has 8 N–H and O–H groups in total. The first kappa shape index (κ1) is 19.7. The van der Waals surface area contributed by atoms with Gasteiger partial charge in [0.05, 0.1) is 19.8 Å². The van der Waals surface area contributed by atoms with Crippen molar-refractivity contribution in [1.29, 1.82) is 0 Å². The van der Waals surface area contributed by atoms with Crippen LogP contribution in [0.4, 0.5) is 0 Å². The minimum Gasteiger partial charge on any atom is -0.394 e. The summed E-state index contributed by atoms with van der Waals surface area (Å²) in [6.07, 6.45) is -7.08. The number of carbonyl (C=O) groups is 1. The van der Waals surface area contributed by atoms with Crippen molar-refractivity contribution < 1.29 is 45.6 Å². The van der Waals surface area contributed by atoms with E-state index in [9.17, 15) is 4.79 Å². The van der Waals surface area contributed by atoms with Crippen LogP contribution in [0.5, 0.6) is 0 Å². The zero-order chi connectivity index (χ0) is 14.7. The van der Waals surface area contributed by atoms with Gasteiger partial charge >= 0.3 is 0 Å². The minimum atomic E-state index is -1.64. The van der Waals surface area contributed by atoms with Crippen LogP contribution in [0, 0.1) is 0 Å². The van der Waals surface area contributed by atoms with E-state index in [4.69, 9.17) is 40.9 Å². The molecule has 0 aromatic rings. The molecule has 0 aliphatic carbocycles. The van der Waals surface area contributed by atoms with Gasteiger partial charge in [-0.25, -0.2) is 0 Å². The van der Waals surface area contributed by atoms with Gasteiger partial charge in [-0.05, 0) is 0 Å². The molecule has 0 saturated carbocycles. The molecule has 0 aliphatic heterocycles. The molecular formula is C9H20O9. The van der Waals surface area contributed by atoms with Crippen molar-refractivity contribution in [2.45, 2.75) is 30.5 Å². The highest BCUT2D eigenvalue weighted by Gasteiger charge is 2.22. The van der Waals surface area contributed by atoms with Gasteiger partial charge in [0.2, 0.25) is 0 Å². The third kappa shape index (κ3) is 8.44. The second-order valence-corrected chi connectivity index (χ2v) is 3.37. The molecule has 0 unspecified atom stereocenters. The van der Waals surface area contributed by atoms with E-state index in [1.807, 2.05) is 0 Å². The number of aliphatic hydroxyl groups is 8. The molecule has 0 heterocycles. The first-order valence-corrected chi connectivity index (χ1v) is 5.03. The van der Waals surface area contributed by atoms with E-state index in [0.29, 0.717) is 0 Å². The SMILES string of the molecule is O=C[C@H](O)[C@@H](O)[C@H](O)CO.OC[C@@H](O)[C@@H](O)CO. The lowest BCUT2D eigenvalue weighted by molar-refractivity contribution is -0.127. The molecule has 9 nitrogen and oxygen atoms in total. The van der Waals surface area contributed by atoms with Crippen LogP contribution in [0.3, 0.4) is 0 Å². The predicted octanol–water partition coefficient (Wildman–Crippen LogP) is -5.05. The lowest BCUT2D eigenvalue weighted by atomic mass is 10.1. The monoisotopic (exact) mass is 272 g/mol. The van der Waals surface area contributed by atoms with E-state index in [-0.39, 0.29) is 6.29 Å². The van der Waals surface area contributed by atoms with Gasteiger partial charge in [-0.2, -0.15) is 0 Å². The van der Waals surface area contributed by atoms with Crippen molar-refractivity contribution in [3.05, 3.63) is 0 Å². The summed E-state index contributed by atoms with van der Waals surface area (Å²) in [5, 5.41) is 67.2. The van der Waals surface area contributed by atoms with Crippen LogP contribution < -0.4 is 0 Å². The number of hydrogen-bond acceptors (Lipinski definition) is 9. The molecule has 0 saturated heterocycles. The summed E-state index contributed by atoms with van der Waals surface area (Å²) in [5.74, 6) is 0. The maximum absolute atomic E-state index is 9.76. The Labute approximate surface area is 103 Å². The van der Waals surface area contributed by atoms with Gasteiger partial charge in [-0.3, -0.25) is 0 Å². The predicted molar refractivity (Wildman–Crippen MR) is 57.4 cm³/mol. The van der Waals surface area contributed by atoms with Crippen LogP contribution in [0.2, 0.25) is 0 Å². The van der Waals surface area contributed by atoms with Crippen molar-refractivity contribution in [3.63, 3.8) is 0 Å². The molecule has 18 heavy (non-hydrogen) atoms. The zero-order valence-corrected chi connectivity index (χ0v) is 9.57. The molecule has 0 radical (unpaired) electrons. The molecule has 110 valence electrons. The maximum atomic E-state index is 9.76. The van der Waals surface area contributed by atoms with Crippen molar-refractivity contribution in [2.24, 2.45) is 0 Å². The molecule has 5 atom stereocenters. The summed E-state index contributed by atoms with van der Waals surface area (Å²) < 4.78 is 0. The second-order valence-electron chi connectivity index (χ2n) is 3.37. The van der Waals surface area contributed by atoms with Gasteiger partial charge in [0.25, 0.3) is 0 Å². The number of aliphatic hydroxyl groups excluding tert-OH is 8. The van der Waals surface area contributed by atoms with Crippen LogP contribution in [0.25, 0.3) is 0 Å². The Hall–Kier alpha value is -0.650. The fourth-order valence-electron chi connectivity index (χ4n) is 0.659. The van der Waals surface area contributed by atoms with Crippen LogP contribution >= 0.6 is 0 Å². The van der Waals surface area contributed by atoms with E-state index < -0.39 is 50.3 Å². The highest BCUT2D eigenvalue weighted by molar-refractivity contribution is 5.56. The molecule has 0 aromatic carbocycles. The largest absolute Gasteiger partial charge is 0.394 e. The third-order valence-corrected chi connectivity index (χ3v) is 1.89. The third-order valence-electron chi connectivity index (χ3n) is 1.89. The quantitative estimate of drug-likeness (QED) is 0.210. The number of carbonyl (C=O) groups excluding carboxylic acids is 1. The zero-order valence-electron chi connectivity index (χ0n) is 9.57. The average Bonchev–Trinajstić information content (AvgIpc) is 2.43. The summed E-state index contributed by atoms with van der Waals surface area (Å²) in [6.45, 7) is -1.74. The lowest BCUT2D eigenvalue weighted by Gasteiger charge is -2.16. The highest BCUT2D eigenvalue weighted by Crippen LogP contribution is 1.96. The van der Waals surface area contributed by atoms with Crippen LogP contribution in [-0.2, 0) is 4.79 Å². The topological polar surface area (TPSA) is 179 Å². The Balaban J connectivity index is 0. The molecule has 0 aromatic heterocycles. The summed E-state index contributed by atoms with van der Waals surface area (Å²) in [6, 6.07) is 0. The molecule has 0 rings (SSSR count). The molecule has 0 aliphatic rings. The molecule has 0 spiro atoms. The highest BCUT2D eigenvalue weighted by atomic mass is 16.4. The number of aldehydes is 1. The van der Waals surface area contributed by atoms with Crippen molar-refractivity contribution in [1.82, 2.24) is 0 Å². The van der Waals surface area contributed by atoms with E-state index in [1.54, 1.807) is 0 Å². The van der Waals surface area contributed by atoms with Crippen LogP contribution in [0.1, 0.15) is 0 Å². The summed E-state index contributed by atoms with van der Waals surface area (Å²) in [5.41, 5.74) is 0. The van der Waals surface area contributed by atoms with Crippen molar-refractivity contribution >= 4 is 6.29 Å². The molecule has 0 fully saturated rings. The maximum Gasteiger partial charge on any atom is 0.151 e. The molecular weight excluding hydrogens is 252 g/mol. The first-order chi connectivity index (χ1) is 8.35. The van der Waals surface area contributed by atoms with Crippen molar-refractivity contribution in [2.75, 3.05) is 19.8 Å². The first-order valence-electron chi connectivity index (χ1n) is 5.03. The average molecular weight is 272 g/mol. The van der Waals surface area contributed by atoms with E-state index >= 15 is 0 Å². The van der Waals surface area contributed by atoms with E-state index in [0.717, 1.165) is 0 Å². The van der Waals surface area contributed by atoms with Gasteiger partial charge in [-0.15, -0.1) is 0 Å². The van der Waals surface area contributed by atoms with Crippen LogP contribution in [-0.4, -0.2) is 97.5 Å². The smallest absolute Gasteiger partial charge is 0.151 e. The second kappa shape index (κ2) is 11.4. The standard InChI is InChI=1S/C5H10O5.C4H10O4/c6-1-3(8)5(10)4(9)2-7;5-1-3(7)4(8)2-6/h1,3-5,7-10H,2H2;3-8H,1-2H2/t3-,4+,5+;3-,4+/m0./s1. The summed E-state index contributed by atoms with van der Waals surface area (Å²) in [4.78, 5) is 9.76. The summed E-state index contributed by atoms with van der Waals surface area (Å²) >= 11 is 0. The minimum absolute atomic E-state index is 0.0869. The Morgan fingerprint density at radius 1 is 0.722 bits per heavy atom. The van der Waals surface area contributed by atoms with Gasteiger partial charge in [0.15, 0.2) is 6.29 Å². The van der Waals surface area contributed by atoms with E-state index in [1.165, 1.54) is 0 Å². The van der Waals surface area contributed by atoms with Gasteiger partial charge in [0.1, 0.15) is 30.5 Å². The fraction of sp³-hybridized carbons (Fsp3) is 0.889. The Morgan fingerprint density at radius 2 is 1.06 bits per heavy atom. The normalized spacial score (nSPS) is 18.9. The summed E-state index contributed by atoms with van der Waals surface area (Å²) in [7, 11) is 0. The Kier molecular flexibility index (Phi) is 12.5. The van der Waals surface area contributed by atoms with Gasteiger partial charge in [0, 0.05) is 0 Å². The van der Waals surface area contributed by atoms with Crippen LogP contribution in [0.15, 0.2) is 0 Å². The lowest BCUT2D eigenvalue weighted by Crippen LogP contribution is -2.40. The number of hydrogen-bond donors (Lipinski definition) is 8. The fourth-order valence-corrected chi connectivity index (χ4v) is 0.659. The van der Waals surface area contributed by atoms with E-state index in [2.05, 4.69) is 0 Å². The Bertz CT molecular complexity index is 192. The van der Waals surface area contributed by atoms with Gasteiger partial charge < -0.3 is 45.6 Å². The number of rotatable bonds is 7.